The van der Waals surface area contributed by atoms with Crippen LogP contribution in [0.15, 0.2) is 57.5 Å². The molecule has 3 rings (SSSR count). The molecule has 3 aromatic rings. The lowest BCUT2D eigenvalue weighted by Gasteiger charge is -2.09. The van der Waals surface area contributed by atoms with Crippen molar-refractivity contribution in [3.05, 3.63) is 63.3 Å². The quantitative estimate of drug-likeness (QED) is 0.713. The number of nitrogens with one attached hydrogen (secondary N) is 1. The van der Waals surface area contributed by atoms with E-state index in [9.17, 15) is 0 Å². The normalized spacial score (nSPS) is 10.6. The van der Waals surface area contributed by atoms with Gasteiger partial charge < -0.3 is 5.32 Å². The third-order valence-electron chi connectivity index (χ3n) is 2.90. The van der Waals surface area contributed by atoms with Crippen LogP contribution < -0.4 is 5.32 Å². The Hall–Kier alpha value is -1.73. The number of hydrogen-bond donors (Lipinski definition) is 1. The molecule has 21 heavy (non-hydrogen) atoms. The summed E-state index contributed by atoms with van der Waals surface area (Å²) in [5, 5.41) is 15.2. The lowest BCUT2D eigenvalue weighted by atomic mass is 10.3. The molecule has 0 aliphatic carbocycles. The van der Waals surface area contributed by atoms with Gasteiger partial charge in [-0.1, -0.05) is 34.1 Å². The molecule has 0 saturated heterocycles. The standard InChI is InChI=1S/C14H11Br2N5/c15-10-6-7-13(12(16)8-10)17-9-14-18-19-20-21(14)11-4-2-1-3-5-11/h1-8,17H,9H2. The number of benzene rings is 2. The number of rotatable bonds is 4. The van der Waals surface area contributed by atoms with E-state index >= 15 is 0 Å². The van der Waals surface area contributed by atoms with Crippen LogP contribution in [-0.2, 0) is 6.54 Å². The van der Waals surface area contributed by atoms with Gasteiger partial charge >= 0.3 is 0 Å². The summed E-state index contributed by atoms with van der Waals surface area (Å²) in [5.41, 5.74) is 1.93. The number of halogens is 2. The van der Waals surface area contributed by atoms with E-state index in [0.717, 1.165) is 26.1 Å². The summed E-state index contributed by atoms with van der Waals surface area (Å²) in [7, 11) is 0. The van der Waals surface area contributed by atoms with Crippen molar-refractivity contribution in [3.63, 3.8) is 0 Å². The molecular formula is C14H11Br2N5. The molecule has 0 bridgehead atoms. The smallest absolute Gasteiger partial charge is 0.175 e. The fraction of sp³-hybridized carbons (Fsp3) is 0.0714. The Morgan fingerprint density at radius 1 is 1.05 bits per heavy atom. The zero-order valence-electron chi connectivity index (χ0n) is 10.9. The van der Waals surface area contributed by atoms with Crippen LogP contribution in [0.2, 0.25) is 0 Å². The topological polar surface area (TPSA) is 55.6 Å². The first-order valence-corrected chi connectivity index (χ1v) is 7.84. The predicted molar refractivity (Wildman–Crippen MR) is 88.3 cm³/mol. The predicted octanol–water partition coefficient (Wildman–Crippen LogP) is 3.80. The van der Waals surface area contributed by atoms with Gasteiger partial charge in [0.25, 0.3) is 0 Å². The van der Waals surface area contributed by atoms with Crippen molar-refractivity contribution in [2.45, 2.75) is 6.54 Å². The fourth-order valence-corrected chi connectivity index (χ4v) is 3.08. The summed E-state index contributed by atoms with van der Waals surface area (Å²) >= 11 is 6.96. The average molecular weight is 409 g/mol. The Morgan fingerprint density at radius 3 is 2.62 bits per heavy atom. The molecule has 1 N–H and O–H groups in total. The first-order chi connectivity index (χ1) is 10.2. The molecule has 2 aromatic carbocycles. The van der Waals surface area contributed by atoms with Crippen LogP contribution in [0.1, 0.15) is 5.82 Å². The van der Waals surface area contributed by atoms with Crippen molar-refractivity contribution in [1.82, 2.24) is 20.2 Å². The van der Waals surface area contributed by atoms with E-state index in [1.54, 1.807) is 4.68 Å². The summed E-state index contributed by atoms with van der Waals surface area (Å²) in [4.78, 5) is 0. The Balaban J connectivity index is 1.79. The minimum Gasteiger partial charge on any atom is -0.377 e. The Labute approximate surface area is 138 Å². The highest BCUT2D eigenvalue weighted by Gasteiger charge is 2.08. The number of tetrazole rings is 1. The molecule has 1 heterocycles. The number of aromatic nitrogens is 4. The fourth-order valence-electron chi connectivity index (χ4n) is 1.89. The van der Waals surface area contributed by atoms with Crippen LogP contribution in [0.25, 0.3) is 5.69 Å². The Kier molecular flexibility index (Phi) is 4.31. The highest BCUT2D eigenvalue weighted by atomic mass is 79.9. The minimum absolute atomic E-state index is 0.530. The Bertz CT molecular complexity index is 742. The molecule has 5 nitrogen and oxygen atoms in total. The molecule has 0 aliphatic heterocycles. The molecule has 0 radical (unpaired) electrons. The highest BCUT2D eigenvalue weighted by molar-refractivity contribution is 9.11. The molecule has 0 unspecified atom stereocenters. The van der Waals surface area contributed by atoms with Crippen LogP contribution in [0.4, 0.5) is 5.69 Å². The lowest BCUT2D eigenvalue weighted by molar-refractivity contribution is 0.768. The molecule has 0 spiro atoms. The minimum atomic E-state index is 0.530. The van der Waals surface area contributed by atoms with Gasteiger partial charge in [-0.05, 0) is 56.7 Å². The van der Waals surface area contributed by atoms with E-state index < -0.39 is 0 Å². The van der Waals surface area contributed by atoms with Crippen molar-refractivity contribution in [1.29, 1.82) is 0 Å². The van der Waals surface area contributed by atoms with Crippen LogP contribution in [0.3, 0.4) is 0 Å². The number of nitrogens with zero attached hydrogens (tertiary/aromatic N) is 4. The highest BCUT2D eigenvalue weighted by Crippen LogP contribution is 2.26. The van der Waals surface area contributed by atoms with Crippen molar-refractivity contribution in [2.24, 2.45) is 0 Å². The van der Waals surface area contributed by atoms with E-state index in [4.69, 9.17) is 0 Å². The average Bonchev–Trinajstić information content (AvgIpc) is 2.96. The van der Waals surface area contributed by atoms with Crippen LogP contribution >= 0.6 is 31.9 Å². The SMILES string of the molecule is Brc1ccc(NCc2nnnn2-c2ccccc2)c(Br)c1. The second kappa shape index (κ2) is 6.36. The van der Waals surface area contributed by atoms with Crippen molar-refractivity contribution >= 4 is 37.5 Å². The van der Waals surface area contributed by atoms with Gasteiger partial charge in [0.2, 0.25) is 0 Å². The van der Waals surface area contributed by atoms with Gasteiger partial charge in [0.1, 0.15) is 0 Å². The number of para-hydroxylation sites is 1. The second-order valence-corrected chi connectivity index (χ2v) is 6.09. The van der Waals surface area contributed by atoms with Crippen LogP contribution in [-0.4, -0.2) is 20.2 Å². The zero-order chi connectivity index (χ0) is 14.7. The van der Waals surface area contributed by atoms with Gasteiger partial charge in [-0.25, -0.2) is 0 Å². The molecule has 1 aromatic heterocycles. The second-order valence-electron chi connectivity index (χ2n) is 4.32. The van der Waals surface area contributed by atoms with Gasteiger partial charge in [-0.15, -0.1) is 5.10 Å². The summed E-state index contributed by atoms with van der Waals surface area (Å²) in [6, 6.07) is 15.8. The van der Waals surface area contributed by atoms with Gasteiger partial charge in [0.15, 0.2) is 5.82 Å². The van der Waals surface area contributed by atoms with E-state index in [1.165, 1.54) is 0 Å². The van der Waals surface area contributed by atoms with Gasteiger partial charge in [0, 0.05) is 14.6 Å². The largest absolute Gasteiger partial charge is 0.377 e. The first-order valence-electron chi connectivity index (χ1n) is 6.25. The lowest BCUT2D eigenvalue weighted by Crippen LogP contribution is -2.08. The maximum atomic E-state index is 4.07. The van der Waals surface area contributed by atoms with E-state index in [0.29, 0.717) is 6.54 Å². The van der Waals surface area contributed by atoms with Gasteiger partial charge in [-0.2, -0.15) is 4.68 Å². The maximum Gasteiger partial charge on any atom is 0.175 e. The van der Waals surface area contributed by atoms with E-state index in [2.05, 4.69) is 52.7 Å². The molecule has 7 heteroatoms. The Morgan fingerprint density at radius 2 is 1.86 bits per heavy atom. The molecule has 0 saturated carbocycles. The van der Waals surface area contributed by atoms with Gasteiger partial charge in [0.05, 0.1) is 12.2 Å². The molecular weight excluding hydrogens is 398 g/mol. The van der Waals surface area contributed by atoms with Crippen molar-refractivity contribution < 1.29 is 0 Å². The monoisotopic (exact) mass is 407 g/mol. The third-order valence-corrected chi connectivity index (χ3v) is 4.05. The molecule has 0 fully saturated rings. The third kappa shape index (κ3) is 3.30. The molecule has 0 amide bonds. The molecule has 0 aliphatic rings. The maximum absolute atomic E-state index is 4.07. The van der Waals surface area contributed by atoms with Crippen molar-refractivity contribution in [3.8, 4) is 5.69 Å². The summed E-state index contributed by atoms with van der Waals surface area (Å²) in [6.45, 7) is 0.530. The van der Waals surface area contributed by atoms with Crippen molar-refractivity contribution in [2.75, 3.05) is 5.32 Å². The summed E-state index contributed by atoms with van der Waals surface area (Å²) in [5.74, 6) is 0.746. The van der Waals surface area contributed by atoms with E-state index in [1.807, 2.05) is 48.5 Å². The zero-order valence-corrected chi connectivity index (χ0v) is 14.0. The summed E-state index contributed by atoms with van der Waals surface area (Å²) < 4.78 is 3.73. The summed E-state index contributed by atoms with van der Waals surface area (Å²) in [6.07, 6.45) is 0. The first kappa shape index (κ1) is 14.2. The van der Waals surface area contributed by atoms with E-state index in [-0.39, 0.29) is 0 Å². The molecule has 0 atom stereocenters. The van der Waals surface area contributed by atoms with Crippen LogP contribution in [0.5, 0.6) is 0 Å². The molecule has 106 valence electrons. The van der Waals surface area contributed by atoms with Crippen LogP contribution in [0, 0.1) is 0 Å². The number of anilines is 1. The van der Waals surface area contributed by atoms with Gasteiger partial charge in [-0.3, -0.25) is 0 Å². The number of hydrogen-bond acceptors (Lipinski definition) is 4.